The van der Waals surface area contributed by atoms with Gasteiger partial charge in [0.1, 0.15) is 11.5 Å². The highest BCUT2D eigenvalue weighted by Gasteiger charge is 2.39. The maximum absolute atomic E-state index is 13.7. The van der Waals surface area contributed by atoms with Crippen molar-refractivity contribution in [3.63, 3.8) is 0 Å². The first kappa shape index (κ1) is 25.8. The topological polar surface area (TPSA) is 89.4 Å². The molecular formula is C30H33FN2O3. The standard InChI is InChI=1S/C30H33FN2O3/c1-19(2)20(3)28(35)27(22-9-11-25(31)12-10-22)26(34)17-30(36,16-21-7-5-4-6-8-21)24-15-23-13-14-32-29(23)33-18-24/h4-15,18-19,26-28,34-36H,3,16-17H2,1-2H3,(H,32,33). The fourth-order valence-electron chi connectivity index (χ4n) is 4.76. The molecule has 0 fully saturated rings. The molecule has 0 aliphatic carbocycles. The summed E-state index contributed by atoms with van der Waals surface area (Å²) in [5, 5.41) is 35.8. The summed E-state index contributed by atoms with van der Waals surface area (Å²) in [6, 6.07) is 19.0. The van der Waals surface area contributed by atoms with Crippen LogP contribution in [-0.2, 0) is 12.0 Å². The summed E-state index contributed by atoms with van der Waals surface area (Å²) in [4.78, 5) is 7.51. The number of hydrogen-bond donors (Lipinski definition) is 4. The van der Waals surface area contributed by atoms with Crippen molar-refractivity contribution in [1.82, 2.24) is 9.97 Å². The van der Waals surface area contributed by atoms with Crippen LogP contribution in [0.5, 0.6) is 0 Å². The fourth-order valence-corrected chi connectivity index (χ4v) is 4.76. The van der Waals surface area contributed by atoms with Crippen LogP contribution in [-0.4, -0.2) is 37.5 Å². The molecule has 0 saturated heterocycles. The van der Waals surface area contributed by atoms with Gasteiger partial charge in [0.2, 0.25) is 0 Å². The Kier molecular flexibility index (Phi) is 7.69. The molecule has 4 atom stereocenters. The van der Waals surface area contributed by atoms with Crippen molar-refractivity contribution in [2.24, 2.45) is 5.92 Å². The summed E-state index contributed by atoms with van der Waals surface area (Å²) in [6.45, 7) is 7.88. The van der Waals surface area contributed by atoms with Gasteiger partial charge in [-0.25, -0.2) is 9.37 Å². The average Bonchev–Trinajstić information content (AvgIpc) is 3.33. The molecule has 4 N–H and O–H groups in total. The zero-order valence-corrected chi connectivity index (χ0v) is 20.6. The first-order valence-electron chi connectivity index (χ1n) is 12.2. The molecule has 2 heterocycles. The molecule has 188 valence electrons. The SMILES string of the molecule is C=C(C(C)C)C(O)C(c1ccc(F)cc1)C(O)CC(O)(Cc1ccccc1)c1cnc2[nH]ccc2c1. The lowest BCUT2D eigenvalue weighted by Gasteiger charge is -2.36. The van der Waals surface area contributed by atoms with E-state index < -0.39 is 29.5 Å². The molecule has 0 aliphatic heterocycles. The van der Waals surface area contributed by atoms with Crippen molar-refractivity contribution < 1.29 is 19.7 Å². The summed E-state index contributed by atoms with van der Waals surface area (Å²) in [5.74, 6) is -1.25. The van der Waals surface area contributed by atoms with Gasteiger partial charge in [-0.1, -0.05) is 62.9 Å². The lowest BCUT2D eigenvalue weighted by atomic mass is 9.75. The molecule has 4 aromatic rings. The highest BCUT2D eigenvalue weighted by atomic mass is 19.1. The van der Waals surface area contributed by atoms with Crippen LogP contribution < -0.4 is 0 Å². The highest BCUT2D eigenvalue weighted by Crippen LogP contribution is 2.38. The molecule has 0 spiro atoms. The van der Waals surface area contributed by atoms with Crippen molar-refractivity contribution in [3.05, 3.63) is 114 Å². The number of aliphatic hydroxyl groups excluding tert-OH is 2. The Balaban J connectivity index is 1.74. The number of pyridine rings is 1. The van der Waals surface area contributed by atoms with Crippen molar-refractivity contribution >= 4 is 11.0 Å². The normalized spacial score (nSPS) is 16.0. The van der Waals surface area contributed by atoms with Crippen LogP contribution >= 0.6 is 0 Å². The first-order chi connectivity index (χ1) is 17.2. The molecule has 0 bridgehead atoms. The van der Waals surface area contributed by atoms with Crippen LogP contribution in [0.3, 0.4) is 0 Å². The quantitative estimate of drug-likeness (QED) is 0.230. The van der Waals surface area contributed by atoms with Crippen LogP contribution in [0.2, 0.25) is 0 Å². The molecule has 2 aromatic carbocycles. The third-order valence-electron chi connectivity index (χ3n) is 6.95. The van der Waals surface area contributed by atoms with E-state index in [1.807, 2.05) is 56.3 Å². The predicted molar refractivity (Wildman–Crippen MR) is 140 cm³/mol. The van der Waals surface area contributed by atoms with Crippen LogP contribution in [0.15, 0.2) is 91.3 Å². The minimum atomic E-state index is -1.49. The van der Waals surface area contributed by atoms with Gasteiger partial charge in [-0.05, 0) is 46.9 Å². The predicted octanol–water partition coefficient (Wildman–Crippen LogP) is 5.24. The van der Waals surface area contributed by atoms with E-state index in [2.05, 4.69) is 16.5 Å². The fraction of sp³-hybridized carbons (Fsp3) is 0.300. The average molecular weight is 489 g/mol. The molecule has 36 heavy (non-hydrogen) atoms. The molecule has 4 unspecified atom stereocenters. The number of nitrogens with zero attached hydrogens (tertiary/aromatic N) is 1. The minimum Gasteiger partial charge on any atom is -0.392 e. The number of rotatable bonds is 10. The number of benzene rings is 2. The summed E-state index contributed by atoms with van der Waals surface area (Å²) < 4.78 is 13.7. The maximum atomic E-state index is 13.7. The number of aromatic amines is 1. The lowest BCUT2D eigenvalue weighted by Crippen LogP contribution is -2.39. The smallest absolute Gasteiger partial charge is 0.137 e. The second-order valence-electron chi connectivity index (χ2n) is 9.86. The number of aromatic nitrogens is 2. The Hall–Kier alpha value is -3.32. The van der Waals surface area contributed by atoms with Crippen LogP contribution in [0.1, 0.15) is 42.9 Å². The molecule has 0 saturated carbocycles. The van der Waals surface area contributed by atoms with E-state index in [0.29, 0.717) is 22.3 Å². The van der Waals surface area contributed by atoms with E-state index in [-0.39, 0.29) is 18.8 Å². The lowest BCUT2D eigenvalue weighted by molar-refractivity contribution is -0.0354. The third kappa shape index (κ3) is 5.57. The van der Waals surface area contributed by atoms with Crippen LogP contribution in [0.4, 0.5) is 4.39 Å². The Labute approximate surface area is 211 Å². The van der Waals surface area contributed by atoms with Crippen molar-refractivity contribution in [2.45, 2.75) is 50.4 Å². The molecule has 5 nitrogen and oxygen atoms in total. The summed E-state index contributed by atoms with van der Waals surface area (Å²) in [6.07, 6.45) is 1.30. The van der Waals surface area contributed by atoms with E-state index >= 15 is 0 Å². The Morgan fingerprint density at radius 1 is 1.06 bits per heavy atom. The zero-order chi connectivity index (χ0) is 25.9. The summed E-state index contributed by atoms with van der Waals surface area (Å²) in [5.41, 5.74) is 1.80. The van der Waals surface area contributed by atoms with Gasteiger partial charge >= 0.3 is 0 Å². The van der Waals surface area contributed by atoms with Gasteiger partial charge in [0.15, 0.2) is 0 Å². The van der Waals surface area contributed by atoms with Crippen molar-refractivity contribution in [3.8, 4) is 0 Å². The molecule has 0 amide bonds. The number of fused-ring (bicyclic) bond motifs is 1. The summed E-state index contributed by atoms with van der Waals surface area (Å²) in [7, 11) is 0. The zero-order valence-electron chi connectivity index (χ0n) is 20.6. The van der Waals surface area contributed by atoms with E-state index in [1.54, 1.807) is 24.5 Å². The minimum absolute atomic E-state index is 0.0291. The molecule has 4 rings (SSSR count). The molecule has 0 aliphatic rings. The van der Waals surface area contributed by atoms with Gasteiger partial charge < -0.3 is 20.3 Å². The van der Waals surface area contributed by atoms with Crippen LogP contribution in [0.25, 0.3) is 11.0 Å². The Bertz CT molecular complexity index is 1300. The highest BCUT2D eigenvalue weighted by molar-refractivity contribution is 5.76. The van der Waals surface area contributed by atoms with Gasteiger partial charge in [0.25, 0.3) is 0 Å². The van der Waals surface area contributed by atoms with Crippen molar-refractivity contribution in [1.29, 1.82) is 0 Å². The van der Waals surface area contributed by atoms with Gasteiger partial charge in [-0.15, -0.1) is 0 Å². The maximum Gasteiger partial charge on any atom is 0.137 e. The molecule has 6 heteroatoms. The molecule has 2 aromatic heterocycles. The molecular weight excluding hydrogens is 455 g/mol. The van der Waals surface area contributed by atoms with E-state index in [9.17, 15) is 19.7 Å². The number of hydrogen-bond acceptors (Lipinski definition) is 4. The van der Waals surface area contributed by atoms with Crippen LogP contribution in [0, 0.1) is 11.7 Å². The Morgan fingerprint density at radius 3 is 2.42 bits per heavy atom. The van der Waals surface area contributed by atoms with E-state index in [1.165, 1.54) is 12.1 Å². The second kappa shape index (κ2) is 10.7. The van der Waals surface area contributed by atoms with Crippen molar-refractivity contribution in [2.75, 3.05) is 0 Å². The summed E-state index contributed by atoms with van der Waals surface area (Å²) >= 11 is 0. The first-order valence-corrected chi connectivity index (χ1v) is 12.2. The molecule has 0 radical (unpaired) electrons. The van der Waals surface area contributed by atoms with Gasteiger partial charge in [-0.3, -0.25) is 0 Å². The van der Waals surface area contributed by atoms with E-state index in [0.717, 1.165) is 10.9 Å². The van der Waals surface area contributed by atoms with Gasteiger partial charge in [0.05, 0.1) is 17.8 Å². The van der Waals surface area contributed by atoms with Gasteiger partial charge in [0, 0.05) is 42.1 Å². The number of halogens is 1. The number of aliphatic hydroxyl groups is 3. The largest absolute Gasteiger partial charge is 0.392 e. The number of H-pyrrole nitrogens is 1. The second-order valence-corrected chi connectivity index (χ2v) is 9.86. The Morgan fingerprint density at radius 2 is 1.75 bits per heavy atom. The van der Waals surface area contributed by atoms with E-state index in [4.69, 9.17) is 0 Å². The van der Waals surface area contributed by atoms with Gasteiger partial charge in [-0.2, -0.15) is 0 Å². The third-order valence-corrected chi connectivity index (χ3v) is 6.95. The number of nitrogens with one attached hydrogen (secondary N) is 1. The monoisotopic (exact) mass is 488 g/mol.